The van der Waals surface area contributed by atoms with Crippen molar-refractivity contribution >= 4 is 28.4 Å². The molecule has 148 valence electrons. The lowest BCUT2D eigenvalue weighted by Crippen LogP contribution is -2.44. The lowest BCUT2D eigenvalue weighted by Gasteiger charge is -2.23. The zero-order valence-electron chi connectivity index (χ0n) is 16.1. The molecule has 7 nitrogen and oxygen atoms in total. The van der Waals surface area contributed by atoms with Crippen molar-refractivity contribution < 1.29 is 9.59 Å². The van der Waals surface area contributed by atoms with E-state index in [2.05, 4.69) is 46.8 Å². The van der Waals surface area contributed by atoms with Gasteiger partial charge in [-0.2, -0.15) is 0 Å². The molecule has 1 aliphatic rings. The van der Waals surface area contributed by atoms with Gasteiger partial charge in [0.2, 0.25) is 11.8 Å². The van der Waals surface area contributed by atoms with Crippen molar-refractivity contribution in [1.29, 1.82) is 0 Å². The van der Waals surface area contributed by atoms with E-state index in [9.17, 15) is 14.4 Å². The van der Waals surface area contributed by atoms with Gasteiger partial charge in [-0.3, -0.25) is 24.3 Å². The number of anilines is 1. The summed E-state index contributed by atoms with van der Waals surface area (Å²) in [5, 5.41) is 6.05. The first-order chi connectivity index (χ1) is 14.1. The summed E-state index contributed by atoms with van der Waals surface area (Å²) in [5.41, 5.74) is 3.31. The predicted octanol–water partition coefficient (Wildman–Crippen LogP) is 2.55. The standard InChI is InChI=1S/C22H22N4O3/c1-2-14-6-8-15(9-7-14)12-23-16-4-3-5-17-20(16)22(29)26(13-24-17)18-10-11-19(27)25-21(18)28/h3-9,13,18,23H,2,10-12H2,1H3,(H,25,27,28). The van der Waals surface area contributed by atoms with Crippen LogP contribution in [0.1, 0.15) is 36.9 Å². The molecule has 4 rings (SSSR count). The number of aromatic nitrogens is 2. The molecule has 1 aliphatic heterocycles. The van der Waals surface area contributed by atoms with Gasteiger partial charge in [0.1, 0.15) is 6.04 Å². The molecular weight excluding hydrogens is 368 g/mol. The minimum Gasteiger partial charge on any atom is -0.380 e. The first kappa shape index (κ1) is 18.9. The van der Waals surface area contributed by atoms with Crippen molar-refractivity contribution in [3.8, 4) is 0 Å². The minimum atomic E-state index is -0.730. The van der Waals surface area contributed by atoms with E-state index in [1.807, 2.05) is 12.1 Å². The third-order valence-corrected chi connectivity index (χ3v) is 5.27. The number of nitrogens with one attached hydrogen (secondary N) is 2. The van der Waals surface area contributed by atoms with Gasteiger partial charge >= 0.3 is 0 Å². The van der Waals surface area contributed by atoms with Gasteiger partial charge in [-0.25, -0.2) is 4.98 Å². The van der Waals surface area contributed by atoms with Crippen molar-refractivity contribution in [2.45, 2.75) is 38.8 Å². The van der Waals surface area contributed by atoms with Crippen LogP contribution in [0.15, 0.2) is 53.6 Å². The van der Waals surface area contributed by atoms with E-state index < -0.39 is 11.9 Å². The lowest BCUT2D eigenvalue weighted by molar-refractivity contribution is -0.135. The van der Waals surface area contributed by atoms with E-state index in [1.165, 1.54) is 16.5 Å². The van der Waals surface area contributed by atoms with Crippen LogP contribution in [-0.4, -0.2) is 21.4 Å². The van der Waals surface area contributed by atoms with Gasteiger partial charge in [-0.1, -0.05) is 37.3 Å². The minimum absolute atomic E-state index is 0.203. The molecule has 2 amide bonds. The van der Waals surface area contributed by atoms with Gasteiger partial charge in [0, 0.05) is 18.7 Å². The Morgan fingerprint density at radius 1 is 1.10 bits per heavy atom. The number of amides is 2. The summed E-state index contributed by atoms with van der Waals surface area (Å²) < 4.78 is 1.32. The Balaban J connectivity index is 1.66. The van der Waals surface area contributed by atoms with Crippen molar-refractivity contribution in [3.63, 3.8) is 0 Å². The Kier molecular flexibility index (Phi) is 5.12. The average Bonchev–Trinajstić information content (AvgIpc) is 2.73. The number of carbonyl (C=O) groups is 2. The summed E-state index contributed by atoms with van der Waals surface area (Å²) in [7, 11) is 0. The Hall–Kier alpha value is -3.48. The second-order valence-electron chi connectivity index (χ2n) is 7.15. The van der Waals surface area contributed by atoms with Crippen molar-refractivity contribution in [1.82, 2.24) is 14.9 Å². The van der Waals surface area contributed by atoms with Crippen LogP contribution >= 0.6 is 0 Å². The Morgan fingerprint density at radius 3 is 2.59 bits per heavy atom. The fourth-order valence-electron chi connectivity index (χ4n) is 3.59. The van der Waals surface area contributed by atoms with Gasteiger partial charge in [0.15, 0.2) is 0 Å². The number of nitrogens with zero attached hydrogens (tertiary/aromatic N) is 2. The summed E-state index contributed by atoms with van der Waals surface area (Å²) in [5.74, 6) is -0.782. The monoisotopic (exact) mass is 390 g/mol. The first-order valence-electron chi connectivity index (χ1n) is 9.72. The number of hydrogen-bond donors (Lipinski definition) is 2. The number of hydrogen-bond acceptors (Lipinski definition) is 5. The molecule has 0 radical (unpaired) electrons. The number of fused-ring (bicyclic) bond motifs is 1. The molecule has 2 N–H and O–H groups in total. The predicted molar refractivity (Wildman–Crippen MR) is 111 cm³/mol. The SMILES string of the molecule is CCc1ccc(CNc2cccc3ncn(C4CCC(=O)NC4=O)c(=O)c23)cc1. The molecule has 1 atom stereocenters. The number of aryl methyl sites for hydroxylation is 1. The molecule has 1 unspecified atom stereocenters. The van der Waals surface area contributed by atoms with Gasteiger partial charge in [0.05, 0.1) is 17.2 Å². The number of imide groups is 1. The highest BCUT2D eigenvalue weighted by Crippen LogP contribution is 2.22. The molecule has 7 heteroatoms. The highest BCUT2D eigenvalue weighted by molar-refractivity contribution is 5.99. The molecule has 1 fully saturated rings. The summed E-state index contributed by atoms with van der Waals surface area (Å²) in [6, 6.07) is 13.0. The molecular formula is C22H22N4O3. The first-order valence-corrected chi connectivity index (χ1v) is 9.72. The normalized spacial score (nSPS) is 16.7. The smallest absolute Gasteiger partial charge is 0.264 e. The van der Waals surface area contributed by atoms with E-state index in [4.69, 9.17) is 0 Å². The highest BCUT2D eigenvalue weighted by atomic mass is 16.2. The average molecular weight is 390 g/mol. The second kappa shape index (κ2) is 7.87. The maximum Gasteiger partial charge on any atom is 0.264 e. The van der Waals surface area contributed by atoms with Crippen LogP contribution in [0.25, 0.3) is 10.9 Å². The molecule has 1 saturated heterocycles. The molecule has 0 spiro atoms. The van der Waals surface area contributed by atoms with Crippen LogP contribution in [0.3, 0.4) is 0 Å². The molecule has 2 heterocycles. The highest BCUT2D eigenvalue weighted by Gasteiger charge is 2.29. The lowest BCUT2D eigenvalue weighted by atomic mass is 10.1. The summed E-state index contributed by atoms with van der Waals surface area (Å²) in [6.45, 7) is 2.68. The fourth-order valence-corrected chi connectivity index (χ4v) is 3.59. The number of benzene rings is 2. The summed E-state index contributed by atoms with van der Waals surface area (Å²) in [4.78, 5) is 41.2. The second-order valence-corrected chi connectivity index (χ2v) is 7.15. The number of rotatable bonds is 5. The molecule has 0 bridgehead atoms. The van der Waals surface area contributed by atoms with E-state index in [0.29, 0.717) is 23.1 Å². The van der Waals surface area contributed by atoms with Crippen molar-refractivity contribution in [2.24, 2.45) is 0 Å². The Bertz CT molecular complexity index is 1130. The van der Waals surface area contributed by atoms with E-state index in [1.54, 1.807) is 6.07 Å². The van der Waals surface area contributed by atoms with Crippen LogP contribution in [0, 0.1) is 0 Å². The van der Waals surface area contributed by atoms with Crippen LogP contribution in [0.2, 0.25) is 0 Å². The molecule has 3 aromatic rings. The third kappa shape index (κ3) is 3.76. The molecule has 1 aromatic heterocycles. The van der Waals surface area contributed by atoms with Crippen LogP contribution in [0.4, 0.5) is 5.69 Å². The number of piperidine rings is 1. The summed E-state index contributed by atoms with van der Waals surface area (Å²) >= 11 is 0. The van der Waals surface area contributed by atoms with Crippen molar-refractivity contribution in [2.75, 3.05) is 5.32 Å². The fraction of sp³-hybridized carbons (Fsp3) is 0.273. The Labute approximate surface area is 167 Å². The van der Waals surface area contributed by atoms with E-state index >= 15 is 0 Å². The quantitative estimate of drug-likeness (QED) is 0.653. The van der Waals surface area contributed by atoms with Crippen LogP contribution < -0.4 is 16.2 Å². The molecule has 0 saturated carbocycles. The van der Waals surface area contributed by atoms with Crippen LogP contribution in [-0.2, 0) is 22.6 Å². The molecule has 0 aliphatic carbocycles. The van der Waals surface area contributed by atoms with Gasteiger partial charge < -0.3 is 5.32 Å². The zero-order valence-corrected chi connectivity index (χ0v) is 16.1. The summed E-state index contributed by atoms with van der Waals surface area (Å²) in [6.07, 6.45) is 2.87. The number of carbonyl (C=O) groups excluding carboxylic acids is 2. The van der Waals surface area contributed by atoms with E-state index in [-0.39, 0.29) is 24.3 Å². The van der Waals surface area contributed by atoms with Gasteiger partial charge in [-0.15, -0.1) is 0 Å². The maximum atomic E-state index is 13.2. The van der Waals surface area contributed by atoms with Crippen LogP contribution in [0.5, 0.6) is 0 Å². The van der Waals surface area contributed by atoms with Gasteiger partial charge in [0.25, 0.3) is 5.56 Å². The van der Waals surface area contributed by atoms with E-state index in [0.717, 1.165) is 12.0 Å². The van der Waals surface area contributed by atoms with Crippen molar-refractivity contribution in [3.05, 3.63) is 70.3 Å². The third-order valence-electron chi connectivity index (χ3n) is 5.27. The van der Waals surface area contributed by atoms with Gasteiger partial charge in [-0.05, 0) is 36.1 Å². The largest absolute Gasteiger partial charge is 0.380 e. The molecule has 2 aromatic carbocycles. The maximum absolute atomic E-state index is 13.2. The molecule has 29 heavy (non-hydrogen) atoms. The Morgan fingerprint density at radius 2 is 1.86 bits per heavy atom. The topological polar surface area (TPSA) is 93.1 Å². The zero-order chi connectivity index (χ0) is 20.4.